The molecule has 1 amide bonds. The molecule has 0 radical (unpaired) electrons. The van der Waals surface area contributed by atoms with Crippen LogP contribution in [0, 0.1) is 0 Å². The van der Waals surface area contributed by atoms with Gasteiger partial charge in [-0.2, -0.15) is 26.3 Å². The van der Waals surface area contributed by atoms with Crippen LogP contribution in [0.5, 0.6) is 5.88 Å². The van der Waals surface area contributed by atoms with Gasteiger partial charge >= 0.3 is 18.4 Å². The van der Waals surface area contributed by atoms with Gasteiger partial charge in [0.15, 0.2) is 0 Å². The number of aromatic nitrogens is 2. The third-order valence-electron chi connectivity index (χ3n) is 4.58. The minimum Gasteiger partial charge on any atom is -0.480 e. The van der Waals surface area contributed by atoms with Crippen molar-refractivity contribution in [2.24, 2.45) is 0 Å². The van der Waals surface area contributed by atoms with Crippen LogP contribution >= 0.6 is 0 Å². The van der Waals surface area contributed by atoms with Crippen molar-refractivity contribution in [1.82, 2.24) is 14.9 Å². The molecule has 2 aromatic rings. The predicted octanol–water partition coefficient (Wildman–Crippen LogP) is 4.60. The zero-order valence-electron chi connectivity index (χ0n) is 15.6. The van der Waals surface area contributed by atoms with Crippen molar-refractivity contribution < 1.29 is 40.6 Å². The molecule has 162 valence electrons. The van der Waals surface area contributed by atoms with Crippen LogP contribution in [-0.4, -0.2) is 34.1 Å². The summed E-state index contributed by atoms with van der Waals surface area (Å²) < 4.78 is 88.9. The molecule has 1 aromatic heterocycles. The first-order valence-corrected chi connectivity index (χ1v) is 8.52. The van der Waals surface area contributed by atoms with Crippen LogP contribution in [0.15, 0.2) is 30.6 Å². The van der Waals surface area contributed by atoms with Crippen LogP contribution in [0.1, 0.15) is 35.4 Å². The molecule has 1 aliphatic rings. The molecule has 6 nitrogen and oxygen atoms in total. The summed E-state index contributed by atoms with van der Waals surface area (Å²) in [5, 5.41) is 0. The molecule has 0 bridgehead atoms. The van der Waals surface area contributed by atoms with E-state index in [2.05, 4.69) is 9.97 Å². The van der Waals surface area contributed by atoms with Crippen molar-refractivity contribution in [3.63, 3.8) is 0 Å². The highest BCUT2D eigenvalue weighted by molar-refractivity contribution is 5.71. The Hall–Kier alpha value is -3.05. The van der Waals surface area contributed by atoms with Crippen molar-refractivity contribution in [1.29, 1.82) is 0 Å². The van der Waals surface area contributed by atoms with Gasteiger partial charge in [-0.05, 0) is 30.7 Å². The molecule has 2 heterocycles. The van der Waals surface area contributed by atoms with E-state index in [9.17, 15) is 31.1 Å². The van der Waals surface area contributed by atoms with Gasteiger partial charge in [-0.3, -0.25) is 9.88 Å². The second kappa shape index (κ2) is 7.65. The van der Waals surface area contributed by atoms with Gasteiger partial charge in [-0.25, -0.2) is 9.78 Å². The van der Waals surface area contributed by atoms with E-state index in [-0.39, 0.29) is 24.2 Å². The maximum Gasteiger partial charge on any atom is 0.416 e. The Bertz CT molecular complexity index is 915. The third-order valence-corrected chi connectivity index (χ3v) is 4.58. The maximum absolute atomic E-state index is 13.1. The van der Waals surface area contributed by atoms with Gasteiger partial charge in [0.25, 0.3) is 0 Å². The molecule has 0 saturated carbocycles. The lowest BCUT2D eigenvalue weighted by Gasteiger charge is -2.22. The topological polar surface area (TPSA) is 64.6 Å². The summed E-state index contributed by atoms with van der Waals surface area (Å²) in [5.41, 5.74) is -3.12. The summed E-state index contributed by atoms with van der Waals surface area (Å²) in [5.74, 6) is 0.124. The number of benzene rings is 1. The van der Waals surface area contributed by atoms with Gasteiger partial charge in [-0.1, -0.05) is 0 Å². The van der Waals surface area contributed by atoms with E-state index in [1.165, 1.54) is 26.4 Å². The van der Waals surface area contributed by atoms with Gasteiger partial charge in [0.1, 0.15) is 11.8 Å². The highest BCUT2D eigenvalue weighted by Gasteiger charge is 2.43. The van der Waals surface area contributed by atoms with Gasteiger partial charge in [0, 0.05) is 12.4 Å². The predicted molar refractivity (Wildman–Crippen MR) is 89.3 cm³/mol. The molecule has 0 aliphatic carbocycles. The number of cyclic esters (lactones) is 1. The molecule has 0 unspecified atom stereocenters. The first-order chi connectivity index (χ1) is 13.9. The number of rotatable bonds is 4. The Kier molecular flexibility index (Phi) is 5.52. The van der Waals surface area contributed by atoms with Crippen LogP contribution < -0.4 is 4.74 Å². The molecule has 0 spiro atoms. The molecule has 3 rings (SSSR count). The fourth-order valence-electron chi connectivity index (χ4n) is 3.10. The number of carbonyl (C=O) groups excluding carboxylic acids is 1. The second-order valence-electron chi connectivity index (χ2n) is 6.52. The summed E-state index contributed by atoms with van der Waals surface area (Å²) in [6.45, 7) is 1.30. The highest BCUT2D eigenvalue weighted by Crippen LogP contribution is 2.41. The van der Waals surface area contributed by atoms with Crippen LogP contribution in [0.25, 0.3) is 0 Å². The fraction of sp³-hybridized carbons (Fsp3) is 0.389. The summed E-state index contributed by atoms with van der Waals surface area (Å²) in [6, 6.07) is 0.244. The highest BCUT2D eigenvalue weighted by atomic mass is 19.4. The molecule has 2 atom stereocenters. The lowest BCUT2D eigenvalue weighted by molar-refractivity contribution is -0.143. The second-order valence-corrected chi connectivity index (χ2v) is 6.52. The minimum atomic E-state index is -5.01. The summed E-state index contributed by atoms with van der Waals surface area (Å²) in [4.78, 5) is 21.4. The monoisotopic (exact) mass is 435 g/mol. The largest absolute Gasteiger partial charge is 0.480 e. The van der Waals surface area contributed by atoms with E-state index in [4.69, 9.17) is 9.47 Å². The zero-order valence-corrected chi connectivity index (χ0v) is 15.6. The van der Waals surface area contributed by atoms with Crippen LogP contribution in [0.3, 0.4) is 0 Å². The van der Waals surface area contributed by atoms with E-state index in [1.807, 2.05) is 0 Å². The van der Waals surface area contributed by atoms with Crippen LogP contribution in [0.2, 0.25) is 0 Å². The number of methoxy groups -OCH3 is 1. The van der Waals surface area contributed by atoms with Crippen molar-refractivity contribution in [2.45, 2.75) is 38.0 Å². The van der Waals surface area contributed by atoms with Gasteiger partial charge in [0.2, 0.25) is 5.88 Å². The Balaban J connectivity index is 1.96. The molecular weight excluding hydrogens is 420 g/mol. The number of ether oxygens (including phenoxy) is 2. The molecule has 1 fully saturated rings. The van der Waals surface area contributed by atoms with E-state index in [1.54, 1.807) is 0 Å². The van der Waals surface area contributed by atoms with Crippen molar-refractivity contribution in [2.75, 3.05) is 7.11 Å². The fourth-order valence-corrected chi connectivity index (χ4v) is 3.10. The van der Waals surface area contributed by atoms with Crippen LogP contribution in [0.4, 0.5) is 31.1 Å². The average molecular weight is 435 g/mol. The third kappa shape index (κ3) is 4.26. The zero-order chi connectivity index (χ0) is 22.3. The number of amides is 1. The summed E-state index contributed by atoms with van der Waals surface area (Å²) >= 11 is 0. The number of nitrogens with zero attached hydrogens (tertiary/aromatic N) is 3. The van der Waals surface area contributed by atoms with E-state index in [0.29, 0.717) is 12.1 Å². The molecule has 30 heavy (non-hydrogen) atoms. The Morgan fingerprint density at radius 2 is 1.60 bits per heavy atom. The van der Waals surface area contributed by atoms with Crippen LogP contribution in [-0.2, 0) is 23.6 Å². The lowest BCUT2D eigenvalue weighted by atomic mass is 9.97. The molecule has 1 saturated heterocycles. The summed E-state index contributed by atoms with van der Waals surface area (Å²) in [6.07, 6.45) is -9.56. The average Bonchev–Trinajstić information content (AvgIpc) is 2.95. The maximum atomic E-state index is 13.1. The number of hydrogen-bond acceptors (Lipinski definition) is 5. The Labute approximate surface area is 166 Å². The number of hydrogen-bond donors (Lipinski definition) is 0. The van der Waals surface area contributed by atoms with Gasteiger partial charge in [-0.15, -0.1) is 0 Å². The summed E-state index contributed by atoms with van der Waals surface area (Å²) in [7, 11) is 1.34. The Morgan fingerprint density at radius 1 is 1.03 bits per heavy atom. The SMILES string of the molecule is COc1nccnc1CN1C(=O)O[C@H](c2cc(C(F)(F)F)cc(C(F)(F)F)c2)[C@H]1C. The molecule has 1 aromatic carbocycles. The van der Waals surface area contributed by atoms with Crippen molar-refractivity contribution in [3.05, 3.63) is 53.0 Å². The van der Waals surface area contributed by atoms with Crippen molar-refractivity contribution in [3.8, 4) is 5.88 Å². The van der Waals surface area contributed by atoms with E-state index >= 15 is 0 Å². The lowest BCUT2D eigenvalue weighted by Crippen LogP contribution is -2.32. The molecule has 1 aliphatic heterocycles. The molecular formula is C18H15F6N3O3. The van der Waals surface area contributed by atoms with Crippen molar-refractivity contribution >= 4 is 6.09 Å². The minimum absolute atomic E-state index is 0.0210. The quantitative estimate of drug-likeness (QED) is 0.657. The number of alkyl halides is 6. The molecule has 0 N–H and O–H groups in total. The standard InChI is InChI=1S/C18H15F6N3O3/c1-9-14(10-5-11(17(19,20)21)7-12(6-10)18(22,23)24)30-16(28)27(9)8-13-15(29-2)26-4-3-25-13/h3-7,9,14H,8H2,1-2H3/t9-,14+/m1/s1. The smallest absolute Gasteiger partial charge is 0.416 e. The Morgan fingerprint density at radius 3 is 2.13 bits per heavy atom. The normalized spacial score (nSPS) is 19.7. The van der Waals surface area contributed by atoms with Gasteiger partial charge < -0.3 is 9.47 Å². The van der Waals surface area contributed by atoms with E-state index in [0.717, 1.165) is 4.90 Å². The van der Waals surface area contributed by atoms with Gasteiger partial charge in [0.05, 0.1) is 30.8 Å². The molecule has 12 heteroatoms. The van der Waals surface area contributed by atoms with E-state index < -0.39 is 47.3 Å². The number of halogens is 6. The first kappa shape index (κ1) is 21.7. The number of carbonyl (C=O) groups is 1. The first-order valence-electron chi connectivity index (χ1n) is 8.52.